The molecule has 286 valence electrons. The van der Waals surface area contributed by atoms with Crippen LogP contribution in [-0.2, 0) is 28.6 Å². The molecule has 0 aliphatic rings. The third kappa shape index (κ3) is 31.9. The predicted octanol–water partition coefficient (Wildman–Crippen LogP) is 8.23. The number of likely N-dealkylation sites (N-methyl/N-ethyl adjacent to an activating group) is 1. The number of aliphatic carboxylic acids is 1. The molecule has 0 rings (SSSR count). The van der Waals surface area contributed by atoms with Crippen LogP contribution >= 0.6 is 0 Å². The highest BCUT2D eigenvalue weighted by atomic mass is 16.6. The van der Waals surface area contributed by atoms with E-state index in [0.29, 0.717) is 12.8 Å². The van der Waals surface area contributed by atoms with E-state index in [2.05, 4.69) is 62.5 Å². The lowest BCUT2D eigenvalue weighted by Crippen LogP contribution is -2.55. The molecular formula is C43H67NO7. The topological polar surface area (TPSA) is 102 Å². The van der Waals surface area contributed by atoms with Gasteiger partial charge in [0.15, 0.2) is 6.10 Å². The lowest BCUT2D eigenvalue weighted by Gasteiger charge is -2.34. The molecule has 0 N–H and O–H groups in total. The van der Waals surface area contributed by atoms with Crippen LogP contribution in [0.25, 0.3) is 0 Å². The van der Waals surface area contributed by atoms with E-state index in [1.807, 2.05) is 48.6 Å². The van der Waals surface area contributed by atoms with Gasteiger partial charge in [0.2, 0.25) is 0 Å². The number of unbranched alkanes of at least 4 members (excludes halogenated alkanes) is 5. The molecule has 2 atom stereocenters. The summed E-state index contributed by atoms with van der Waals surface area (Å²) in [5.41, 5.74) is 0. The molecule has 0 heterocycles. The van der Waals surface area contributed by atoms with Crippen LogP contribution in [0.15, 0.2) is 97.2 Å². The number of esters is 2. The van der Waals surface area contributed by atoms with Gasteiger partial charge in [-0.3, -0.25) is 9.59 Å². The molecule has 0 aromatic carbocycles. The fourth-order valence-electron chi connectivity index (χ4n) is 4.69. The number of carboxylic acids is 1. The van der Waals surface area contributed by atoms with Crippen LogP contribution in [-0.4, -0.2) is 75.5 Å². The number of nitrogens with zero attached hydrogens (tertiary/aromatic N) is 1. The molecule has 0 aromatic heterocycles. The SMILES string of the molecule is CC/C=C/C=C/C=C/C=C/C=C/CCCCCC(=O)OCC(COCCC(C(=O)[O-])[N+](C)(C)C)OC(=O)CCCC/C=C/C/C=C/C/C=C/CC. The Balaban J connectivity index is 4.60. The van der Waals surface area contributed by atoms with Crippen molar-refractivity contribution in [2.24, 2.45) is 0 Å². The van der Waals surface area contributed by atoms with Crippen LogP contribution in [0.3, 0.4) is 0 Å². The van der Waals surface area contributed by atoms with Crippen molar-refractivity contribution >= 4 is 17.9 Å². The third-order valence-electron chi connectivity index (χ3n) is 7.59. The van der Waals surface area contributed by atoms with Gasteiger partial charge in [-0.25, -0.2) is 0 Å². The zero-order chi connectivity index (χ0) is 37.8. The number of carbonyl (C=O) groups excluding carboxylic acids is 3. The molecule has 0 aliphatic heterocycles. The average molecular weight is 710 g/mol. The number of ether oxygens (including phenoxy) is 3. The van der Waals surface area contributed by atoms with Gasteiger partial charge in [0, 0.05) is 19.3 Å². The van der Waals surface area contributed by atoms with Crippen LogP contribution < -0.4 is 5.11 Å². The summed E-state index contributed by atoms with van der Waals surface area (Å²) in [5.74, 6) is -1.86. The van der Waals surface area contributed by atoms with E-state index in [9.17, 15) is 19.5 Å². The quantitative estimate of drug-likeness (QED) is 0.0235. The zero-order valence-corrected chi connectivity index (χ0v) is 32.2. The van der Waals surface area contributed by atoms with E-state index in [4.69, 9.17) is 14.2 Å². The second-order valence-electron chi connectivity index (χ2n) is 13.2. The molecule has 2 unspecified atom stereocenters. The summed E-state index contributed by atoms with van der Waals surface area (Å²) >= 11 is 0. The minimum Gasteiger partial charge on any atom is -0.544 e. The number of carboxylic acid groups (broad SMARTS) is 1. The number of hydrogen-bond acceptors (Lipinski definition) is 7. The second kappa shape index (κ2) is 33.4. The molecule has 51 heavy (non-hydrogen) atoms. The molecule has 0 saturated carbocycles. The van der Waals surface area contributed by atoms with Gasteiger partial charge in [-0.15, -0.1) is 0 Å². The summed E-state index contributed by atoms with van der Waals surface area (Å²) in [6, 6.07) is -0.744. The predicted molar refractivity (Wildman–Crippen MR) is 208 cm³/mol. The summed E-state index contributed by atoms with van der Waals surface area (Å²) in [5, 5.41) is 11.6. The first kappa shape index (κ1) is 47.2. The van der Waals surface area contributed by atoms with Gasteiger partial charge < -0.3 is 28.6 Å². The maximum Gasteiger partial charge on any atom is 0.306 e. The number of rotatable bonds is 31. The van der Waals surface area contributed by atoms with Gasteiger partial charge >= 0.3 is 11.9 Å². The van der Waals surface area contributed by atoms with Crippen molar-refractivity contribution < 1.29 is 38.2 Å². The van der Waals surface area contributed by atoms with E-state index in [1.165, 1.54) is 0 Å². The smallest absolute Gasteiger partial charge is 0.306 e. The van der Waals surface area contributed by atoms with Crippen LogP contribution in [0.1, 0.15) is 104 Å². The first-order chi connectivity index (χ1) is 24.6. The van der Waals surface area contributed by atoms with Crippen LogP contribution in [0.5, 0.6) is 0 Å². The Kier molecular flexibility index (Phi) is 30.9. The molecule has 0 aliphatic carbocycles. The number of carbonyl (C=O) groups is 3. The molecule has 0 aromatic rings. The van der Waals surface area contributed by atoms with Crippen LogP contribution in [0.2, 0.25) is 0 Å². The normalized spacial score (nSPS) is 14.1. The van der Waals surface area contributed by atoms with Gasteiger partial charge in [0.05, 0.1) is 40.3 Å². The Morgan fingerprint density at radius 1 is 0.608 bits per heavy atom. The van der Waals surface area contributed by atoms with Gasteiger partial charge in [0.1, 0.15) is 12.6 Å². The Bertz CT molecular complexity index is 1150. The van der Waals surface area contributed by atoms with Crippen molar-refractivity contribution in [3.05, 3.63) is 97.2 Å². The first-order valence-corrected chi connectivity index (χ1v) is 18.8. The Morgan fingerprint density at radius 2 is 1.14 bits per heavy atom. The van der Waals surface area contributed by atoms with Gasteiger partial charge in [-0.1, -0.05) is 117 Å². The maximum atomic E-state index is 12.6. The highest BCUT2D eigenvalue weighted by molar-refractivity contribution is 5.70. The van der Waals surface area contributed by atoms with Crippen molar-refractivity contribution in [2.75, 3.05) is 41.0 Å². The standard InChI is InChI=1S/C43H67NO7/c1-6-8-10-12-14-16-18-20-21-22-24-25-27-29-31-33-41(45)50-38-39(37-49-36-35-40(43(47)48)44(3,4)5)51-42(46)34-32-30-28-26-23-19-17-15-13-11-9-7-2/h8-12,14-18,20-24,26,39-40H,6-7,13,19,25,27-38H2,1-5H3/b10-8+,11-9+,14-12+,17-15+,18-16+,21-20+,24-22+,26-23+. The molecule has 0 amide bonds. The summed E-state index contributed by atoms with van der Waals surface area (Å²) in [6.07, 6.45) is 43.0. The van der Waals surface area contributed by atoms with E-state index >= 15 is 0 Å². The number of allylic oxidation sites excluding steroid dienone is 16. The van der Waals surface area contributed by atoms with E-state index in [1.54, 1.807) is 21.1 Å². The van der Waals surface area contributed by atoms with Gasteiger partial charge in [-0.2, -0.15) is 0 Å². The van der Waals surface area contributed by atoms with Crippen LogP contribution in [0, 0.1) is 0 Å². The third-order valence-corrected chi connectivity index (χ3v) is 7.59. The van der Waals surface area contributed by atoms with Crippen molar-refractivity contribution in [1.29, 1.82) is 0 Å². The maximum absolute atomic E-state index is 12.6. The van der Waals surface area contributed by atoms with E-state index in [-0.39, 0.29) is 55.5 Å². The number of hydrogen-bond donors (Lipinski definition) is 0. The van der Waals surface area contributed by atoms with Gasteiger partial charge in [0.25, 0.3) is 0 Å². The van der Waals surface area contributed by atoms with Crippen LogP contribution in [0.4, 0.5) is 0 Å². The number of quaternary nitrogens is 1. The van der Waals surface area contributed by atoms with Crippen molar-refractivity contribution in [2.45, 2.75) is 116 Å². The highest BCUT2D eigenvalue weighted by Gasteiger charge is 2.25. The summed E-state index contributed by atoms with van der Waals surface area (Å²) in [4.78, 5) is 36.6. The molecule has 0 spiro atoms. The Morgan fingerprint density at radius 3 is 1.76 bits per heavy atom. The first-order valence-electron chi connectivity index (χ1n) is 18.8. The molecule has 0 saturated heterocycles. The largest absolute Gasteiger partial charge is 0.544 e. The summed E-state index contributed by atoms with van der Waals surface area (Å²) < 4.78 is 17.0. The highest BCUT2D eigenvalue weighted by Crippen LogP contribution is 2.10. The van der Waals surface area contributed by atoms with Gasteiger partial charge in [-0.05, 0) is 64.2 Å². The zero-order valence-electron chi connectivity index (χ0n) is 32.2. The molecule has 8 nitrogen and oxygen atoms in total. The fourth-order valence-corrected chi connectivity index (χ4v) is 4.69. The average Bonchev–Trinajstić information content (AvgIpc) is 3.08. The Labute approximate surface area is 309 Å². The monoisotopic (exact) mass is 709 g/mol. The lowest BCUT2D eigenvalue weighted by atomic mass is 10.1. The second-order valence-corrected chi connectivity index (χ2v) is 13.2. The van der Waals surface area contributed by atoms with Crippen molar-refractivity contribution in [3.8, 4) is 0 Å². The minimum absolute atomic E-state index is 0.00397. The van der Waals surface area contributed by atoms with Crippen molar-refractivity contribution in [1.82, 2.24) is 0 Å². The summed E-state index contributed by atoms with van der Waals surface area (Å²) in [7, 11) is 5.35. The van der Waals surface area contributed by atoms with E-state index in [0.717, 1.165) is 57.8 Å². The fraction of sp³-hybridized carbons (Fsp3) is 0.558. The molecule has 8 heteroatoms. The minimum atomic E-state index is -1.14. The molecule has 0 fully saturated rings. The van der Waals surface area contributed by atoms with Crippen molar-refractivity contribution in [3.63, 3.8) is 0 Å². The molecule has 0 bridgehead atoms. The van der Waals surface area contributed by atoms with E-state index < -0.39 is 18.1 Å². The lowest BCUT2D eigenvalue weighted by molar-refractivity contribution is -0.889. The Hall–Kier alpha value is -3.75. The summed E-state index contributed by atoms with van der Waals surface area (Å²) in [6.45, 7) is 4.26. The molecule has 0 radical (unpaired) electrons. The molecular weight excluding hydrogens is 642 g/mol.